The standard InChI is InChI=1S/C19H18Cl2F2N2O/c20-15-3-1-13(16(21)12-15)5-6-24-7-9-25(10-8-24)19(26)14-2-4-17(22)18(23)11-14/h1-4,11-12H,5-10H2. The molecule has 0 saturated carbocycles. The quantitative estimate of drug-likeness (QED) is 0.767. The lowest BCUT2D eigenvalue weighted by molar-refractivity contribution is 0.0638. The number of amides is 1. The zero-order valence-corrected chi connectivity index (χ0v) is 15.5. The zero-order valence-electron chi connectivity index (χ0n) is 14.0. The van der Waals surface area contributed by atoms with Crippen LogP contribution in [0.2, 0.25) is 10.0 Å². The van der Waals surface area contributed by atoms with Gasteiger partial charge in [0.2, 0.25) is 0 Å². The molecule has 1 heterocycles. The summed E-state index contributed by atoms with van der Waals surface area (Å²) >= 11 is 12.1. The molecule has 1 aliphatic rings. The minimum absolute atomic E-state index is 0.172. The van der Waals surface area contributed by atoms with Gasteiger partial charge in [-0.25, -0.2) is 8.78 Å². The Morgan fingerprint density at radius 3 is 2.35 bits per heavy atom. The normalized spacial score (nSPS) is 15.3. The number of hydrogen-bond donors (Lipinski definition) is 0. The minimum atomic E-state index is -1.01. The summed E-state index contributed by atoms with van der Waals surface area (Å²) in [6.45, 7) is 3.37. The summed E-state index contributed by atoms with van der Waals surface area (Å²) in [6.07, 6.45) is 0.799. The fourth-order valence-electron chi connectivity index (χ4n) is 2.99. The van der Waals surface area contributed by atoms with E-state index in [0.29, 0.717) is 23.1 Å². The van der Waals surface area contributed by atoms with Crippen LogP contribution in [-0.2, 0) is 6.42 Å². The Kier molecular flexibility index (Phi) is 6.12. The number of hydrogen-bond acceptors (Lipinski definition) is 2. The highest BCUT2D eigenvalue weighted by Crippen LogP contribution is 2.22. The third-order valence-electron chi connectivity index (χ3n) is 4.54. The second-order valence-corrected chi connectivity index (χ2v) is 7.09. The Labute approximate surface area is 161 Å². The van der Waals surface area contributed by atoms with Crippen LogP contribution in [0.5, 0.6) is 0 Å². The Balaban J connectivity index is 1.52. The van der Waals surface area contributed by atoms with Crippen molar-refractivity contribution in [3.05, 3.63) is 69.2 Å². The summed E-state index contributed by atoms with van der Waals surface area (Å²) in [5, 5.41) is 1.27. The van der Waals surface area contributed by atoms with Gasteiger partial charge in [0, 0.05) is 48.3 Å². The fourth-order valence-corrected chi connectivity index (χ4v) is 3.49. The van der Waals surface area contributed by atoms with Crippen LogP contribution in [0.4, 0.5) is 8.78 Å². The van der Waals surface area contributed by atoms with Crippen LogP contribution in [0, 0.1) is 11.6 Å². The average molecular weight is 399 g/mol. The van der Waals surface area contributed by atoms with Crippen LogP contribution >= 0.6 is 23.2 Å². The molecule has 0 radical (unpaired) electrons. The maximum absolute atomic E-state index is 13.3. The van der Waals surface area contributed by atoms with Gasteiger partial charge in [0.1, 0.15) is 0 Å². The number of carbonyl (C=O) groups is 1. The van der Waals surface area contributed by atoms with Crippen LogP contribution in [0.3, 0.4) is 0 Å². The van der Waals surface area contributed by atoms with Crippen molar-refractivity contribution >= 4 is 29.1 Å². The van der Waals surface area contributed by atoms with E-state index in [2.05, 4.69) is 4.90 Å². The van der Waals surface area contributed by atoms with E-state index in [-0.39, 0.29) is 11.5 Å². The van der Waals surface area contributed by atoms with Gasteiger partial charge < -0.3 is 4.90 Å². The summed E-state index contributed by atoms with van der Waals surface area (Å²) in [7, 11) is 0. The molecule has 1 saturated heterocycles. The van der Waals surface area contributed by atoms with Crippen LogP contribution in [0.15, 0.2) is 36.4 Å². The van der Waals surface area contributed by atoms with Crippen molar-refractivity contribution in [1.82, 2.24) is 9.80 Å². The number of rotatable bonds is 4. The van der Waals surface area contributed by atoms with E-state index >= 15 is 0 Å². The van der Waals surface area contributed by atoms with Crippen molar-refractivity contribution in [2.45, 2.75) is 6.42 Å². The first-order chi connectivity index (χ1) is 12.4. The largest absolute Gasteiger partial charge is 0.336 e. The third kappa shape index (κ3) is 4.53. The van der Waals surface area contributed by atoms with E-state index < -0.39 is 11.6 Å². The summed E-state index contributed by atoms with van der Waals surface area (Å²) in [4.78, 5) is 16.3. The first-order valence-electron chi connectivity index (χ1n) is 8.34. The van der Waals surface area contributed by atoms with Gasteiger partial charge in [-0.05, 0) is 42.3 Å². The van der Waals surface area contributed by atoms with Gasteiger partial charge in [-0.15, -0.1) is 0 Å². The molecule has 0 aromatic heterocycles. The highest BCUT2D eigenvalue weighted by atomic mass is 35.5. The molecule has 1 aliphatic heterocycles. The van der Waals surface area contributed by atoms with Crippen molar-refractivity contribution in [2.24, 2.45) is 0 Å². The van der Waals surface area contributed by atoms with Gasteiger partial charge >= 0.3 is 0 Å². The van der Waals surface area contributed by atoms with Gasteiger partial charge in [-0.2, -0.15) is 0 Å². The Hall–Kier alpha value is -1.69. The Morgan fingerprint density at radius 2 is 1.69 bits per heavy atom. The number of nitrogens with zero attached hydrogens (tertiary/aromatic N) is 2. The smallest absolute Gasteiger partial charge is 0.254 e. The number of benzene rings is 2. The maximum atomic E-state index is 13.3. The minimum Gasteiger partial charge on any atom is -0.336 e. The van der Waals surface area contributed by atoms with Crippen LogP contribution in [-0.4, -0.2) is 48.4 Å². The van der Waals surface area contributed by atoms with Crippen molar-refractivity contribution in [1.29, 1.82) is 0 Å². The molecular formula is C19H18Cl2F2N2O. The monoisotopic (exact) mass is 398 g/mol. The highest BCUT2D eigenvalue weighted by molar-refractivity contribution is 6.35. The molecule has 0 atom stereocenters. The molecule has 0 N–H and O–H groups in total. The molecule has 1 fully saturated rings. The number of piperazine rings is 1. The van der Waals surface area contributed by atoms with E-state index in [1.807, 2.05) is 12.1 Å². The molecule has 2 aromatic rings. The van der Waals surface area contributed by atoms with Gasteiger partial charge in [0.15, 0.2) is 11.6 Å². The first-order valence-corrected chi connectivity index (χ1v) is 9.10. The lowest BCUT2D eigenvalue weighted by Crippen LogP contribution is -2.49. The second kappa shape index (κ2) is 8.33. The maximum Gasteiger partial charge on any atom is 0.254 e. The van der Waals surface area contributed by atoms with Crippen LogP contribution in [0.25, 0.3) is 0 Å². The van der Waals surface area contributed by atoms with Gasteiger partial charge in [0.05, 0.1) is 0 Å². The molecule has 2 aromatic carbocycles. The van der Waals surface area contributed by atoms with Gasteiger partial charge in [0.25, 0.3) is 5.91 Å². The predicted molar refractivity (Wildman–Crippen MR) is 98.9 cm³/mol. The van der Waals surface area contributed by atoms with Crippen LogP contribution < -0.4 is 0 Å². The Morgan fingerprint density at radius 1 is 0.962 bits per heavy atom. The Bertz CT molecular complexity index is 808. The van der Waals surface area contributed by atoms with Crippen molar-refractivity contribution < 1.29 is 13.6 Å². The van der Waals surface area contributed by atoms with E-state index in [1.165, 1.54) is 6.07 Å². The number of halogens is 4. The first kappa shape index (κ1) is 19.1. The van der Waals surface area contributed by atoms with Gasteiger partial charge in [-0.1, -0.05) is 29.3 Å². The summed E-state index contributed by atoms with van der Waals surface area (Å²) < 4.78 is 26.3. The molecular weight excluding hydrogens is 381 g/mol. The lowest BCUT2D eigenvalue weighted by atomic mass is 10.1. The second-order valence-electron chi connectivity index (χ2n) is 6.25. The molecule has 0 aliphatic carbocycles. The molecule has 3 nitrogen and oxygen atoms in total. The molecule has 0 bridgehead atoms. The fraction of sp³-hybridized carbons (Fsp3) is 0.316. The molecule has 26 heavy (non-hydrogen) atoms. The summed E-state index contributed by atoms with van der Waals surface area (Å²) in [5.74, 6) is -2.23. The zero-order chi connectivity index (χ0) is 18.7. The van der Waals surface area contributed by atoms with E-state index in [9.17, 15) is 13.6 Å². The molecule has 0 unspecified atom stereocenters. The molecule has 3 rings (SSSR count). The average Bonchev–Trinajstić information content (AvgIpc) is 2.63. The topological polar surface area (TPSA) is 23.6 Å². The van der Waals surface area contributed by atoms with Crippen molar-refractivity contribution in [3.8, 4) is 0 Å². The van der Waals surface area contributed by atoms with Crippen molar-refractivity contribution in [2.75, 3.05) is 32.7 Å². The lowest BCUT2D eigenvalue weighted by Gasteiger charge is -2.34. The molecule has 1 amide bonds. The van der Waals surface area contributed by atoms with E-state index in [4.69, 9.17) is 23.2 Å². The number of carbonyl (C=O) groups excluding carboxylic acids is 1. The highest BCUT2D eigenvalue weighted by Gasteiger charge is 2.22. The third-order valence-corrected chi connectivity index (χ3v) is 5.13. The molecule has 138 valence electrons. The summed E-state index contributed by atoms with van der Waals surface area (Å²) in [5.41, 5.74) is 1.21. The SMILES string of the molecule is O=C(c1ccc(F)c(F)c1)N1CCN(CCc2ccc(Cl)cc2Cl)CC1. The van der Waals surface area contributed by atoms with Crippen molar-refractivity contribution in [3.63, 3.8) is 0 Å². The molecule has 7 heteroatoms. The predicted octanol–water partition coefficient (Wildman–Crippen LogP) is 4.27. The van der Waals surface area contributed by atoms with Gasteiger partial charge in [-0.3, -0.25) is 9.69 Å². The van der Waals surface area contributed by atoms with Crippen LogP contribution in [0.1, 0.15) is 15.9 Å². The van der Waals surface area contributed by atoms with E-state index in [0.717, 1.165) is 43.8 Å². The van der Waals surface area contributed by atoms with E-state index in [1.54, 1.807) is 11.0 Å². The summed E-state index contributed by atoms with van der Waals surface area (Å²) in [6, 6.07) is 8.72. The molecule has 0 spiro atoms.